The fourth-order valence-corrected chi connectivity index (χ4v) is 1.70. The summed E-state index contributed by atoms with van der Waals surface area (Å²) in [4.78, 5) is 3.35. The average Bonchev–Trinajstić information content (AvgIpc) is 2.51. The number of aryl methyl sites for hydroxylation is 1. The lowest BCUT2D eigenvalue weighted by Gasteiger charge is -2.26. The van der Waals surface area contributed by atoms with Crippen LogP contribution in [0.2, 0.25) is 0 Å². The number of H-pyrrole nitrogens is 1. The lowest BCUT2D eigenvalue weighted by atomic mass is 9.80. The molecule has 1 N–H and O–H groups in total. The molecular weight excluding hydrogens is 146 g/mol. The third kappa shape index (κ3) is 1.40. The van der Waals surface area contributed by atoms with Crippen molar-refractivity contribution in [1.29, 1.82) is 0 Å². The second-order valence-corrected chi connectivity index (χ2v) is 3.80. The predicted molar refractivity (Wildman–Crippen MR) is 53.5 cm³/mol. The van der Waals surface area contributed by atoms with Crippen molar-refractivity contribution in [1.82, 2.24) is 4.98 Å². The van der Waals surface area contributed by atoms with Gasteiger partial charge < -0.3 is 4.98 Å². The molecule has 0 aliphatic heterocycles. The standard InChI is InChI=1S/C11H19N/c1-5-11(4,6-2)10-9(3)7-8-12-10/h7-8,12H,5-6H2,1-4H3. The van der Waals surface area contributed by atoms with Crippen LogP contribution in [-0.4, -0.2) is 4.98 Å². The van der Waals surface area contributed by atoms with Crippen molar-refractivity contribution in [3.8, 4) is 0 Å². The molecule has 1 heterocycles. The maximum atomic E-state index is 3.35. The minimum Gasteiger partial charge on any atom is -0.364 e. The van der Waals surface area contributed by atoms with Crippen molar-refractivity contribution in [3.05, 3.63) is 23.5 Å². The Hall–Kier alpha value is -0.720. The first kappa shape index (κ1) is 9.37. The summed E-state index contributed by atoms with van der Waals surface area (Å²) >= 11 is 0. The topological polar surface area (TPSA) is 15.8 Å². The molecule has 0 saturated heterocycles. The van der Waals surface area contributed by atoms with E-state index in [9.17, 15) is 0 Å². The van der Waals surface area contributed by atoms with E-state index in [2.05, 4.69) is 38.7 Å². The highest BCUT2D eigenvalue weighted by molar-refractivity contribution is 5.26. The van der Waals surface area contributed by atoms with Crippen LogP contribution >= 0.6 is 0 Å². The molecule has 0 amide bonds. The molecule has 1 rings (SSSR count). The zero-order valence-corrected chi connectivity index (χ0v) is 8.57. The van der Waals surface area contributed by atoms with Crippen LogP contribution in [0.5, 0.6) is 0 Å². The van der Waals surface area contributed by atoms with Crippen LogP contribution in [0.1, 0.15) is 44.9 Å². The van der Waals surface area contributed by atoms with Crippen LogP contribution in [0.4, 0.5) is 0 Å². The number of hydrogen-bond donors (Lipinski definition) is 1. The van der Waals surface area contributed by atoms with Gasteiger partial charge in [0.25, 0.3) is 0 Å². The lowest BCUT2D eigenvalue weighted by Crippen LogP contribution is -2.20. The van der Waals surface area contributed by atoms with Crippen LogP contribution in [0.3, 0.4) is 0 Å². The maximum absolute atomic E-state index is 3.35. The van der Waals surface area contributed by atoms with Crippen molar-refractivity contribution in [2.45, 2.75) is 46.0 Å². The number of aromatic amines is 1. The second kappa shape index (κ2) is 3.34. The van der Waals surface area contributed by atoms with E-state index in [4.69, 9.17) is 0 Å². The summed E-state index contributed by atoms with van der Waals surface area (Å²) in [6, 6.07) is 2.15. The van der Waals surface area contributed by atoms with E-state index >= 15 is 0 Å². The highest BCUT2D eigenvalue weighted by atomic mass is 14.7. The summed E-state index contributed by atoms with van der Waals surface area (Å²) in [7, 11) is 0. The van der Waals surface area contributed by atoms with Gasteiger partial charge in [0.15, 0.2) is 0 Å². The minimum absolute atomic E-state index is 0.341. The van der Waals surface area contributed by atoms with E-state index < -0.39 is 0 Å². The minimum atomic E-state index is 0.341. The third-order valence-electron chi connectivity index (χ3n) is 3.12. The molecular formula is C11H19N. The molecule has 1 nitrogen and oxygen atoms in total. The molecule has 1 heteroatoms. The summed E-state index contributed by atoms with van der Waals surface area (Å²) < 4.78 is 0. The van der Waals surface area contributed by atoms with Crippen molar-refractivity contribution in [3.63, 3.8) is 0 Å². The maximum Gasteiger partial charge on any atom is 0.0236 e. The van der Waals surface area contributed by atoms with Crippen LogP contribution < -0.4 is 0 Å². The van der Waals surface area contributed by atoms with E-state index in [1.165, 1.54) is 24.1 Å². The summed E-state index contributed by atoms with van der Waals surface area (Å²) in [6.07, 6.45) is 4.43. The van der Waals surface area contributed by atoms with E-state index in [0.29, 0.717) is 5.41 Å². The van der Waals surface area contributed by atoms with E-state index in [0.717, 1.165) is 0 Å². The number of aromatic nitrogens is 1. The normalized spacial score (nSPS) is 12.0. The molecule has 12 heavy (non-hydrogen) atoms. The van der Waals surface area contributed by atoms with Crippen LogP contribution in [-0.2, 0) is 5.41 Å². The highest BCUT2D eigenvalue weighted by Gasteiger charge is 2.24. The zero-order valence-electron chi connectivity index (χ0n) is 8.57. The number of nitrogens with one attached hydrogen (secondary N) is 1. The third-order valence-corrected chi connectivity index (χ3v) is 3.12. The smallest absolute Gasteiger partial charge is 0.0236 e. The molecule has 0 unspecified atom stereocenters. The van der Waals surface area contributed by atoms with E-state index in [1.807, 2.05) is 6.20 Å². The summed E-state index contributed by atoms with van der Waals surface area (Å²) in [6.45, 7) is 9.01. The van der Waals surface area contributed by atoms with Crippen LogP contribution in [0.15, 0.2) is 12.3 Å². The van der Waals surface area contributed by atoms with Gasteiger partial charge in [0, 0.05) is 17.3 Å². The van der Waals surface area contributed by atoms with Crippen molar-refractivity contribution >= 4 is 0 Å². The Morgan fingerprint density at radius 3 is 2.25 bits per heavy atom. The largest absolute Gasteiger partial charge is 0.364 e. The quantitative estimate of drug-likeness (QED) is 0.706. The first-order chi connectivity index (χ1) is 5.64. The Balaban J connectivity index is 3.02. The Kier molecular flexibility index (Phi) is 2.61. The van der Waals surface area contributed by atoms with Gasteiger partial charge >= 0.3 is 0 Å². The lowest BCUT2D eigenvalue weighted by molar-refractivity contribution is 0.426. The number of hydrogen-bond acceptors (Lipinski definition) is 0. The van der Waals surface area contributed by atoms with Crippen molar-refractivity contribution in [2.24, 2.45) is 0 Å². The van der Waals surface area contributed by atoms with Crippen molar-refractivity contribution < 1.29 is 0 Å². The van der Waals surface area contributed by atoms with E-state index in [-0.39, 0.29) is 0 Å². The molecule has 0 fully saturated rings. The molecule has 1 aromatic rings. The van der Waals surface area contributed by atoms with Gasteiger partial charge in [0.05, 0.1) is 0 Å². The van der Waals surface area contributed by atoms with Crippen LogP contribution in [0, 0.1) is 6.92 Å². The summed E-state index contributed by atoms with van der Waals surface area (Å²) in [5.74, 6) is 0. The highest BCUT2D eigenvalue weighted by Crippen LogP contribution is 2.31. The van der Waals surface area contributed by atoms with Gasteiger partial charge in [-0.2, -0.15) is 0 Å². The molecule has 68 valence electrons. The fraction of sp³-hybridized carbons (Fsp3) is 0.636. The molecule has 0 saturated carbocycles. The van der Waals surface area contributed by atoms with Gasteiger partial charge in [0.1, 0.15) is 0 Å². The fourth-order valence-electron chi connectivity index (χ4n) is 1.70. The second-order valence-electron chi connectivity index (χ2n) is 3.80. The summed E-state index contributed by atoms with van der Waals surface area (Å²) in [5, 5.41) is 0. The Morgan fingerprint density at radius 2 is 1.92 bits per heavy atom. The van der Waals surface area contributed by atoms with Gasteiger partial charge in [0.2, 0.25) is 0 Å². The first-order valence-electron chi connectivity index (χ1n) is 4.78. The molecule has 0 radical (unpaired) electrons. The molecule has 1 aromatic heterocycles. The Labute approximate surface area is 75.2 Å². The van der Waals surface area contributed by atoms with Crippen LogP contribution in [0.25, 0.3) is 0 Å². The van der Waals surface area contributed by atoms with Gasteiger partial charge in [-0.25, -0.2) is 0 Å². The SMILES string of the molecule is CCC(C)(CC)c1[nH]ccc1C. The molecule has 0 aliphatic rings. The average molecular weight is 165 g/mol. The number of rotatable bonds is 3. The Morgan fingerprint density at radius 1 is 1.33 bits per heavy atom. The Bertz CT molecular complexity index is 243. The molecule has 0 spiro atoms. The van der Waals surface area contributed by atoms with Crippen molar-refractivity contribution in [2.75, 3.05) is 0 Å². The van der Waals surface area contributed by atoms with Gasteiger partial charge in [-0.05, 0) is 31.4 Å². The van der Waals surface area contributed by atoms with Gasteiger partial charge in [-0.15, -0.1) is 0 Å². The van der Waals surface area contributed by atoms with E-state index in [1.54, 1.807) is 0 Å². The first-order valence-corrected chi connectivity index (χ1v) is 4.78. The summed E-state index contributed by atoms with van der Waals surface area (Å²) in [5.41, 5.74) is 3.14. The van der Waals surface area contributed by atoms with Gasteiger partial charge in [-0.3, -0.25) is 0 Å². The predicted octanol–water partition coefficient (Wildman–Crippen LogP) is 3.40. The molecule has 0 bridgehead atoms. The monoisotopic (exact) mass is 165 g/mol. The zero-order chi connectivity index (χ0) is 9.19. The molecule has 0 atom stereocenters. The van der Waals surface area contributed by atoms with Gasteiger partial charge in [-0.1, -0.05) is 20.8 Å². The molecule has 0 aromatic carbocycles. The molecule has 0 aliphatic carbocycles.